The normalized spacial score (nSPS) is 18.2. The van der Waals surface area contributed by atoms with Gasteiger partial charge in [0.05, 0.1) is 18.7 Å². The molecule has 4 rings (SSSR count). The molecule has 0 unspecified atom stereocenters. The number of rotatable bonds is 7. The summed E-state index contributed by atoms with van der Waals surface area (Å²) < 4.78 is 6.53. The quantitative estimate of drug-likeness (QED) is 0.510. The molecule has 1 aliphatic rings. The molecule has 1 heterocycles. The Morgan fingerprint density at radius 3 is 2.22 bits per heavy atom. The first-order chi connectivity index (χ1) is 15.6. The van der Waals surface area contributed by atoms with Crippen molar-refractivity contribution >= 4 is 22.0 Å². The Bertz CT molecular complexity index is 1020. The van der Waals surface area contributed by atoms with Crippen molar-refractivity contribution < 1.29 is 14.6 Å². The molecule has 5 nitrogen and oxygen atoms in total. The fraction of sp³-hybridized carbons (Fsp3) is 0.269. The summed E-state index contributed by atoms with van der Waals surface area (Å²) in [5.41, 5.74) is 3.24. The molecule has 0 bridgehead atoms. The van der Waals surface area contributed by atoms with E-state index in [1.54, 1.807) is 4.90 Å². The summed E-state index contributed by atoms with van der Waals surface area (Å²) >= 11 is 3.64. The molecule has 0 spiro atoms. The van der Waals surface area contributed by atoms with Gasteiger partial charge in [-0.1, -0.05) is 94.8 Å². The molecule has 1 aliphatic heterocycles. The van der Waals surface area contributed by atoms with E-state index in [0.29, 0.717) is 19.6 Å². The molecular formula is C26H27BrN2O3. The monoisotopic (exact) mass is 494 g/mol. The minimum absolute atomic E-state index is 0.188. The Morgan fingerprint density at radius 1 is 0.906 bits per heavy atom. The maximum absolute atomic E-state index is 12.7. The van der Waals surface area contributed by atoms with Crippen LogP contribution in [0.1, 0.15) is 16.7 Å². The van der Waals surface area contributed by atoms with Crippen LogP contribution in [0.2, 0.25) is 0 Å². The van der Waals surface area contributed by atoms with Gasteiger partial charge in [0.25, 0.3) is 0 Å². The van der Waals surface area contributed by atoms with Crippen LogP contribution in [0, 0.1) is 0 Å². The van der Waals surface area contributed by atoms with E-state index in [2.05, 4.69) is 39.0 Å². The molecule has 1 saturated heterocycles. The number of likely N-dealkylation sites (tertiary alicyclic amines) is 1. The number of halogens is 1. The molecule has 166 valence electrons. The van der Waals surface area contributed by atoms with Crippen molar-refractivity contribution in [2.24, 2.45) is 0 Å². The summed E-state index contributed by atoms with van der Waals surface area (Å²) in [4.78, 5) is 16.5. The topological polar surface area (TPSA) is 53.0 Å². The molecule has 6 heteroatoms. The third kappa shape index (κ3) is 5.76. The van der Waals surface area contributed by atoms with Crippen molar-refractivity contribution in [3.8, 4) is 0 Å². The molecule has 3 aromatic rings. The minimum atomic E-state index is -0.648. The van der Waals surface area contributed by atoms with Crippen molar-refractivity contribution in [3.05, 3.63) is 106 Å². The van der Waals surface area contributed by atoms with Crippen LogP contribution in [0.15, 0.2) is 89.4 Å². The van der Waals surface area contributed by atoms with Crippen LogP contribution in [-0.2, 0) is 24.4 Å². The lowest BCUT2D eigenvalue weighted by Gasteiger charge is -2.31. The predicted octanol–water partition coefficient (Wildman–Crippen LogP) is 4.83. The molecule has 2 atom stereocenters. The van der Waals surface area contributed by atoms with E-state index in [-0.39, 0.29) is 19.2 Å². The minimum Gasteiger partial charge on any atom is -0.445 e. The molecule has 0 aliphatic carbocycles. The predicted molar refractivity (Wildman–Crippen MR) is 128 cm³/mol. The van der Waals surface area contributed by atoms with Gasteiger partial charge in [-0.15, -0.1) is 0 Å². The van der Waals surface area contributed by atoms with Crippen molar-refractivity contribution in [2.45, 2.75) is 31.8 Å². The number of nitrogens with zero attached hydrogens (tertiary/aromatic N) is 2. The summed E-state index contributed by atoms with van der Waals surface area (Å²) in [6.07, 6.45) is -1.04. The summed E-state index contributed by atoms with van der Waals surface area (Å²) in [7, 11) is 0. The molecule has 32 heavy (non-hydrogen) atoms. The summed E-state index contributed by atoms with van der Waals surface area (Å²) in [5.74, 6) is 0. The lowest BCUT2D eigenvalue weighted by atomic mass is 10.1. The lowest BCUT2D eigenvalue weighted by Crippen LogP contribution is -2.42. The number of aliphatic hydroxyl groups excluding tert-OH is 1. The molecule has 0 radical (unpaired) electrons. The van der Waals surface area contributed by atoms with E-state index in [1.165, 1.54) is 0 Å². The summed E-state index contributed by atoms with van der Waals surface area (Å²) in [6, 6.07) is 27.7. The summed E-state index contributed by atoms with van der Waals surface area (Å²) in [5, 5.41) is 10.9. The Hall–Kier alpha value is -2.67. The number of ether oxygens (including phenoxy) is 1. The van der Waals surface area contributed by atoms with Gasteiger partial charge in [-0.05, 0) is 22.8 Å². The van der Waals surface area contributed by atoms with Crippen molar-refractivity contribution in [1.29, 1.82) is 0 Å². The van der Waals surface area contributed by atoms with Crippen molar-refractivity contribution in [1.82, 2.24) is 9.80 Å². The van der Waals surface area contributed by atoms with E-state index in [1.807, 2.05) is 66.7 Å². The SMILES string of the molecule is O=C(OCc1ccccc1)N1C[C@@H](O)[C@H](N(Cc2ccccc2)Cc2ccccc2Br)C1. The fourth-order valence-electron chi connectivity index (χ4n) is 4.04. The second-order valence-corrected chi connectivity index (χ2v) is 8.92. The van der Waals surface area contributed by atoms with Crippen LogP contribution < -0.4 is 0 Å². The van der Waals surface area contributed by atoms with E-state index in [9.17, 15) is 9.90 Å². The molecule has 0 aromatic heterocycles. The number of amides is 1. The van der Waals surface area contributed by atoms with Gasteiger partial charge in [0, 0.05) is 24.1 Å². The second-order valence-electron chi connectivity index (χ2n) is 8.06. The highest BCUT2D eigenvalue weighted by molar-refractivity contribution is 9.10. The number of β-amino-alcohol motifs (C(OH)–C–C–N with tert-alkyl or cyclic N) is 1. The van der Waals surface area contributed by atoms with E-state index < -0.39 is 12.2 Å². The number of carbonyl (C=O) groups excluding carboxylic acids is 1. The Kier molecular flexibility index (Phi) is 7.58. The van der Waals surface area contributed by atoms with Gasteiger partial charge >= 0.3 is 6.09 Å². The molecular weight excluding hydrogens is 468 g/mol. The van der Waals surface area contributed by atoms with E-state index >= 15 is 0 Å². The highest BCUT2D eigenvalue weighted by atomic mass is 79.9. The van der Waals surface area contributed by atoms with Gasteiger partial charge in [-0.25, -0.2) is 4.79 Å². The lowest BCUT2D eigenvalue weighted by molar-refractivity contribution is 0.0727. The van der Waals surface area contributed by atoms with Crippen LogP contribution in [0.5, 0.6) is 0 Å². The van der Waals surface area contributed by atoms with Crippen LogP contribution in [0.25, 0.3) is 0 Å². The average Bonchev–Trinajstić information content (AvgIpc) is 3.21. The number of carbonyl (C=O) groups is 1. The first-order valence-electron chi connectivity index (χ1n) is 10.8. The van der Waals surface area contributed by atoms with Gasteiger partial charge in [-0.2, -0.15) is 0 Å². The Balaban J connectivity index is 1.46. The van der Waals surface area contributed by atoms with Crippen molar-refractivity contribution in [2.75, 3.05) is 13.1 Å². The fourth-order valence-corrected chi connectivity index (χ4v) is 4.45. The van der Waals surface area contributed by atoms with Gasteiger partial charge < -0.3 is 14.7 Å². The third-order valence-electron chi connectivity index (χ3n) is 5.75. The zero-order chi connectivity index (χ0) is 22.3. The smallest absolute Gasteiger partial charge is 0.410 e. The maximum atomic E-state index is 12.7. The number of hydrogen-bond donors (Lipinski definition) is 1. The maximum Gasteiger partial charge on any atom is 0.410 e. The number of hydrogen-bond acceptors (Lipinski definition) is 4. The largest absolute Gasteiger partial charge is 0.445 e. The Labute approximate surface area is 197 Å². The van der Waals surface area contributed by atoms with Crippen LogP contribution in [0.3, 0.4) is 0 Å². The van der Waals surface area contributed by atoms with Gasteiger partial charge in [-0.3, -0.25) is 4.90 Å². The molecule has 1 amide bonds. The van der Waals surface area contributed by atoms with Gasteiger partial charge in [0.15, 0.2) is 0 Å². The first-order valence-corrected chi connectivity index (χ1v) is 11.5. The average molecular weight is 495 g/mol. The second kappa shape index (κ2) is 10.8. The van der Waals surface area contributed by atoms with Crippen LogP contribution in [-0.4, -0.2) is 46.2 Å². The standard InChI is InChI=1S/C26H27BrN2O3/c27-23-14-8-7-13-22(23)16-28(15-20-9-3-1-4-10-20)24-17-29(18-25(24)30)26(31)32-19-21-11-5-2-6-12-21/h1-14,24-25,30H,15-19H2/t24-,25-/m1/s1. The first kappa shape index (κ1) is 22.5. The molecule has 3 aromatic carbocycles. The zero-order valence-electron chi connectivity index (χ0n) is 17.8. The Morgan fingerprint density at radius 2 is 1.53 bits per heavy atom. The van der Waals surface area contributed by atoms with Crippen LogP contribution in [0.4, 0.5) is 4.79 Å². The summed E-state index contributed by atoms with van der Waals surface area (Å²) in [6.45, 7) is 2.25. The van der Waals surface area contributed by atoms with Gasteiger partial charge in [0.1, 0.15) is 6.61 Å². The molecule has 1 fully saturated rings. The number of aliphatic hydroxyl groups is 1. The highest BCUT2D eigenvalue weighted by Gasteiger charge is 2.38. The van der Waals surface area contributed by atoms with Crippen LogP contribution >= 0.6 is 15.9 Å². The number of benzene rings is 3. The third-order valence-corrected chi connectivity index (χ3v) is 6.52. The van der Waals surface area contributed by atoms with E-state index in [4.69, 9.17) is 4.74 Å². The molecule has 0 saturated carbocycles. The zero-order valence-corrected chi connectivity index (χ0v) is 19.4. The molecule has 1 N–H and O–H groups in total. The van der Waals surface area contributed by atoms with Gasteiger partial charge in [0.2, 0.25) is 0 Å². The van der Waals surface area contributed by atoms with E-state index in [0.717, 1.165) is 21.2 Å². The van der Waals surface area contributed by atoms with Crippen molar-refractivity contribution in [3.63, 3.8) is 0 Å². The highest BCUT2D eigenvalue weighted by Crippen LogP contribution is 2.25.